The van der Waals surface area contributed by atoms with Crippen molar-refractivity contribution in [3.8, 4) is 0 Å². The Morgan fingerprint density at radius 1 is 1.35 bits per heavy atom. The molecule has 2 unspecified atom stereocenters. The Hall–Kier alpha value is -0.860. The molecule has 1 aliphatic rings. The minimum absolute atomic E-state index is 0.628. The smallest absolute Gasteiger partial charge is 0.0193 e. The molecule has 94 valence electrons. The predicted octanol–water partition coefficient (Wildman–Crippen LogP) is 2.22. The molecule has 1 aromatic carbocycles. The third-order valence-electron chi connectivity index (χ3n) is 3.66. The first-order chi connectivity index (χ1) is 8.15. The zero-order chi connectivity index (χ0) is 12.3. The highest BCUT2D eigenvalue weighted by Gasteiger charge is 2.21. The molecule has 2 nitrogen and oxygen atoms in total. The third kappa shape index (κ3) is 3.55. The van der Waals surface area contributed by atoms with Gasteiger partial charge in [-0.1, -0.05) is 29.8 Å². The van der Waals surface area contributed by atoms with E-state index in [1.807, 2.05) is 0 Å². The fraction of sp³-hybridized carbons (Fsp3) is 0.600. The number of hydrogen-bond donors (Lipinski definition) is 1. The van der Waals surface area contributed by atoms with E-state index in [4.69, 9.17) is 0 Å². The molecule has 0 saturated carbocycles. The van der Waals surface area contributed by atoms with Crippen molar-refractivity contribution in [2.24, 2.45) is 0 Å². The Labute approximate surface area is 105 Å². The number of aryl methyl sites for hydroxylation is 1. The van der Waals surface area contributed by atoms with Crippen LogP contribution in [0.3, 0.4) is 0 Å². The lowest BCUT2D eigenvalue weighted by molar-refractivity contribution is 0.148. The van der Waals surface area contributed by atoms with Gasteiger partial charge in [0.1, 0.15) is 0 Å². The van der Waals surface area contributed by atoms with Crippen molar-refractivity contribution in [3.05, 3.63) is 35.4 Å². The van der Waals surface area contributed by atoms with Crippen molar-refractivity contribution >= 4 is 0 Å². The van der Waals surface area contributed by atoms with Crippen LogP contribution in [0.5, 0.6) is 0 Å². The Balaban J connectivity index is 1.88. The number of nitrogens with zero attached hydrogens (tertiary/aromatic N) is 1. The minimum atomic E-state index is 0.628. The van der Waals surface area contributed by atoms with Crippen molar-refractivity contribution in [3.63, 3.8) is 0 Å². The van der Waals surface area contributed by atoms with Gasteiger partial charge in [0.15, 0.2) is 0 Å². The monoisotopic (exact) mass is 232 g/mol. The highest BCUT2D eigenvalue weighted by molar-refractivity contribution is 5.22. The largest absolute Gasteiger partial charge is 0.311 e. The van der Waals surface area contributed by atoms with Crippen LogP contribution in [0.25, 0.3) is 0 Å². The summed E-state index contributed by atoms with van der Waals surface area (Å²) in [7, 11) is 0. The Kier molecular flexibility index (Phi) is 4.19. The molecule has 0 radical (unpaired) electrons. The molecule has 2 rings (SSSR count). The number of nitrogens with one attached hydrogen (secondary N) is 1. The van der Waals surface area contributed by atoms with Crippen molar-refractivity contribution in [1.29, 1.82) is 0 Å². The van der Waals surface area contributed by atoms with Crippen LogP contribution in [-0.4, -0.2) is 36.6 Å². The first-order valence-corrected chi connectivity index (χ1v) is 6.68. The maximum atomic E-state index is 3.53. The molecule has 0 amide bonds. The lowest BCUT2D eigenvalue weighted by Gasteiger charge is -2.37. The fourth-order valence-corrected chi connectivity index (χ4v) is 2.55. The highest BCUT2D eigenvalue weighted by Crippen LogP contribution is 2.10. The molecule has 1 N–H and O–H groups in total. The van der Waals surface area contributed by atoms with E-state index >= 15 is 0 Å². The average Bonchev–Trinajstić information content (AvgIpc) is 2.30. The molecular weight excluding hydrogens is 208 g/mol. The zero-order valence-electron chi connectivity index (χ0n) is 11.2. The van der Waals surface area contributed by atoms with Gasteiger partial charge in [-0.3, -0.25) is 4.90 Å². The summed E-state index contributed by atoms with van der Waals surface area (Å²) in [5.74, 6) is 0. The van der Waals surface area contributed by atoms with Crippen LogP contribution in [0.1, 0.15) is 25.0 Å². The molecule has 0 spiro atoms. The van der Waals surface area contributed by atoms with Crippen LogP contribution in [0.15, 0.2) is 24.3 Å². The van der Waals surface area contributed by atoms with E-state index in [0.29, 0.717) is 12.1 Å². The van der Waals surface area contributed by atoms with E-state index in [2.05, 4.69) is 55.3 Å². The van der Waals surface area contributed by atoms with E-state index in [1.165, 1.54) is 30.6 Å². The molecular formula is C15H24N2. The van der Waals surface area contributed by atoms with Gasteiger partial charge in [-0.25, -0.2) is 0 Å². The summed E-state index contributed by atoms with van der Waals surface area (Å²) in [6.45, 7) is 10.2. The topological polar surface area (TPSA) is 15.3 Å². The molecule has 0 aliphatic carbocycles. The van der Waals surface area contributed by atoms with Crippen LogP contribution in [0, 0.1) is 6.92 Å². The van der Waals surface area contributed by atoms with Crippen molar-refractivity contribution in [1.82, 2.24) is 10.2 Å². The van der Waals surface area contributed by atoms with Gasteiger partial charge >= 0.3 is 0 Å². The van der Waals surface area contributed by atoms with Crippen LogP contribution >= 0.6 is 0 Å². The van der Waals surface area contributed by atoms with Crippen molar-refractivity contribution < 1.29 is 0 Å². The highest BCUT2D eigenvalue weighted by atomic mass is 15.2. The number of benzene rings is 1. The quantitative estimate of drug-likeness (QED) is 0.859. The summed E-state index contributed by atoms with van der Waals surface area (Å²) < 4.78 is 0. The van der Waals surface area contributed by atoms with Crippen molar-refractivity contribution in [2.75, 3.05) is 19.6 Å². The number of piperazine rings is 1. The zero-order valence-corrected chi connectivity index (χ0v) is 11.2. The Morgan fingerprint density at radius 2 is 2.18 bits per heavy atom. The molecule has 0 aromatic heterocycles. The summed E-state index contributed by atoms with van der Waals surface area (Å²) in [6.07, 6.45) is 1.17. The maximum absolute atomic E-state index is 3.53. The van der Waals surface area contributed by atoms with Crippen LogP contribution in [-0.2, 0) is 6.42 Å². The first-order valence-electron chi connectivity index (χ1n) is 6.68. The number of rotatable bonds is 3. The van der Waals surface area contributed by atoms with Crippen LogP contribution in [0.4, 0.5) is 0 Å². The summed E-state index contributed by atoms with van der Waals surface area (Å²) in [5, 5.41) is 3.53. The molecule has 2 atom stereocenters. The van der Waals surface area contributed by atoms with Gasteiger partial charge < -0.3 is 5.32 Å². The summed E-state index contributed by atoms with van der Waals surface area (Å²) >= 11 is 0. The van der Waals surface area contributed by atoms with Crippen molar-refractivity contribution in [2.45, 2.75) is 39.3 Å². The Morgan fingerprint density at radius 3 is 2.94 bits per heavy atom. The maximum Gasteiger partial charge on any atom is 0.0193 e. The third-order valence-corrected chi connectivity index (χ3v) is 3.66. The lowest BCUT2D eigenvalue weighted by Crippen LogP contribution is -2.54. The molecule has 1 saturated heterocycles. The second kappa shape index (κ2) is 5.65. The van der Waals surface area contributed by atoms with E-state index in [-0.39, 0.29) is 0 Å². The standard InChI is InChI=1S/C15H24N2/c1-12-5-4-6-15(9-12)7-8-17-11-13(2)16-10-14(17)3/h4-6,9,13-14,16H,7-8,10-11H2,1-3H3. The van der Waals surface area contributed by atoms with Gasteiger partial charge in [-0.15, -0.1) is 0 Å². The van der Waals surface area contributed by atoms with Gasteiger partial charge in [-0.05, 0) is 32.8 Å². The van der Waals surface area contributed by atoms with Gasteiger partial charge in [0.05, 0.1) is 0 Å². The van der Waals surface area contributed by atoms with E-state index < -0.39 is 0 Å². The number of hydrogen-bond acceptors (Lipinski definition) is 2. The molecule has 0 bridgehead atoms. The molecule has 2 heteroatoms. The molecule has 1 aromatic rings. The second-order valence-corrected chi connectivity index (χ2v) is 5.39. The van der Waals surface area contributed by atoms with E-state index in [0.717, 1.165) is 6.54 Å². The normalized spacial score (nSPS) is 26.1. The van der Waals surface area contributed by atoms with E-state index in [1.54, 1.807) is 0 Å². The fourth-order valence-electron chi connectivity index (χ4n) is 2.55. The van der Waals surface area contributed by atoms with E-state index in [9.17, 15) is 0 Å². The van der Waals surface area contributed by atoms with Gasteiger partial charge in [0, 0.05) is 31.7 Å². The lowest BCUT2D eigenvalue weighted by atomic mass is 10.1. The molecule has 1 heterocycles. The second-order valence-electron chi connectivity index (χ2n) is 5.39. The van der Waals surface area contributed by atoms with Gasteiger partial charge in [0.25, 0.3) is 0 Å². The van der Waals surface area contributed by atoms with Crippen LogP contribution < -0.4 is 5.32 Å². The minimum Gasteiger partial charge on any atom is -0.311 e. The SMILES string of the molecule is Cc1cccc(CCN2CC(C)NCC2C)c1. The average molecular weight is 232 g/mol. The van der Waals surface area contributed by atoms with Gasteiger partial charge in [0.2, 0.25) is 0 Å². The van der Waals surface area contributed by atoms with Gasteiger partial charge in [-0.2, -0.15) is 0 Å². The molecule has 1 fully saturated rings. The molecule has 17 heavy (non-hydrogen) atoms. The summed E-state index contributed by atoms with van der Waals surface area (Å²) in [5.41, 5.74) is 2.83. The van der Waals surface area contributed by atoms with Crippen LogP contribution in [0.2, 0.25) is 0 Å². The predicted molar refractivity (Wildman–Crippen MR) is 73.4 cm³/mol. The Bertz CT molecular complexity index is 362. The summed E-state index contributed by atoms with van der Waals surface area (Å²) in [6, 6.07) is 10.2. The molecule has 1 aliphatic heterocycles. The summed E-state index contributed by atoms with van der Waals surface area (Å²) in [4.78, 5) is 2.60. The first kappa shape index (κ1) is 12.6.